The zero-order valence-corrected chi connectivity index (χ0v) is 11.3. The standard InChI is InChI=1S/C13H16N4O3/c1-2-20-13(18)12-15-11(16-5-7-19-8-6-16)10-9-14-3-4-17(10)12/h3-4,9H,2,5-8H2,1H3. The first-order chi connectivity index (χ1) is 9.81. The molecule has 7 heteroatoms. The molecule has 1 fully saturated rings. The van der Waals surface area contributed by atoms with E-state index in [0.717, 1.165) is 24.4 Å². The molecule has 2 aromatic heterocycles. The molecular weight excluding hydrogens is 260 g/mol. The summed E-state index contributed by atoms with van der Waals surface area (Å²) in [6.45, 7) is 4.93. The van der Waals surface area contributed by atoms with Gasteiger partial charge in [0.2, 0.25) is 5.82 Å². The maximum absolute atomic E-state index is 12.0. The molecule has 106 valence electrons. The molecule has 0 aliphatic carbocycles. The zero-order valence-electron chi connectivity index (χ0n) is 11.3. The van der Waals surface area contributed by atoms with Gasteiger partial charge in [-0.2, -0.15) is 0 Å². The summed E-state index contributed by atoms with van der Waals surface area (Å²) in [4.78, 5) is 22.7. The Hall–Kier alpha value is -2.15. The van der Waals surface area contributed by atoms with Crippen molar-refractivity contribution in [1.29, 1.82) is 0 Å². The quantitative estimate of drug-likeness (QED) is 0.770. The topological polar surface area (TPSA) is 69.0 Å². The minimum absolute atomic E-state index is 0.283. The van der Waals surface area contributed by atoms with Gasteiger partial charge in [0.1, 0.15) is 5.52 Å². The van der Waals surface area contributed by atoms with E-state index in [1.165, 1.54) is 0 Å². The van der Waals surface area contributed by atoms with Gasteiger partial charge in [-0.05, 0) is 6.92 Å². The lowest BCUT2D eigenvalue weighted by molar-refractivity contribution is 0.0511. The molecule has 3 heterocycles. The SMILES string of the molecule is CCOC(=O)c1nc(N2CCOCC2)c2cnccn12. The average molecular weight is 276 g/mol. The van der Waals surface area contributed by atoms with Gasteiger partial charge >= 0.3 is 5.97 Å². The van der Waals surface area contributed by atoms with Crippen LogP contribution in [0.25, 0.3) is 5.52 Å². The number of hydrogen-bond donors (Lipinski definition) is 0. The van der Waals surface area contributed by atoms with Crippen molar-refractivity contribution in [2.45, 2.75) is 6.92 Å². The monoisotopic (exact) mass is 276 g/mol. The van der Waals surface area contributed by atoms with Crippen molar-refractivity contribution in [3.05, 3.63) is 24.4 Å². The fourth-order valence-electron chi connectivity index (χ4n) is 2.27. The Morgan fingerprint density at radius 1 is 1.45 bits per heavy atom. The van der Waals surface area contributed by atoms with Gasteiger partial charge in [0.15, 0.2) is 5.82 Å². The molecule has 7 nitrogen and oxygen atoms in total. The van der Waals surface area contributed by atoms with Crippen molar-refractivity contribution < 1.29 is 14.3 Å². The van der Waals surface area contributed by atoms with E-state index in [9.17, 15) is 4.79 Å². The van der Waals surface area contributed by atoms with Crippen molar-refractivity contribution in [3.8, 4) is 0 Å². The third-order valence-corrected chi connectivity index (χ3v) is 3.20. The van der Waals surface area contributed by atoms with Gasteiger partial charge in [-0.25, -0.2) is 9.78 Å². The van der Waals surface area contributed by atoms with Crippen LogP contribution in [-0.4, -0.2) is 53.2 Å². The number of carbonyl (C=O) groups is 1. The van der Waals surface area contributed by atoms with Gasteiger partial charge in [-0.3, -0.25) is 9.38 Å². The largest absolute Gasteiger partial charge is 0.460 e. The smallest absolute Gasteiger partial charge is 0.375 e. The molecule has 20 heavy (non-hydrogen) atoms. The number of fused-ring (bicyclic) bond motifs is 1. The lowest BCUT2D eigenvalue weighted by Gasteiger charge is -2.26. The Balaban J connectivity index is 2.05. The molecule has 0 radical (unpaired) electrons. The van der Waals surface area contributed by atoms with Gasteiger partial charge < -0.3 is 14.4 Å². The number of esters is 1. The normalized spacial score (nSPS) is 15.6. The Morgan fingerprint density at radius 3 is 3.00 bits per heavy atom. The second-order valence-electron chi connectivity index (χ2n) is 4.41. The van der Waals surface area contributed by atoms with Crippen LogP contribution in [0.3, 0.4) is 0 Å². The van der Waals surface area contributed by atoms with E-state index in [0.29, 0.717) is 19.8 Å². The van der Waals surface area contributed by atoms with Crippen molar-refractivity contribution >= 4 is 17.3 Å². The van der Waals surface area contributed by atoms with Crippen LogP contribution < -0.4 is 4.90 Å². The Labute approximate surface area is 116 Å². The first kappa shape index (κ1) is 12.9. The summed E-state index contributed by atoms with van der Waals surface area (Å²) >= 11 is 0. The highest BCUT2D eigenvalue weighted by atomic mass is 16.5. The summed E-state index contributed by atoms with van der Waals surface area (Å²) < 4.78 is 12.1. The van der Waals surface area contributed by atoms with Crippen LogP contribution in [0.4, 0.5) is 5.82 Å². The fraction of sp³-hybridized carbons (Fsp3) is 0.462. The molecule has 0 aromatic carbocycles. The van der Waals surface area contributed by atoms with E-state index in [2.05, 4.69) is 14.9 Å². The first-order valence-corrected chi connectivity index (χ1v) is 6.63. The number of aromatic nitrogens is 3. The summed E-state index contributed by atoms with van der Waals surface area (Å²) in [5.74, 6) is 0.614. The Bertz CT molecular complexity index is 619. The molecule has 3 rings (SSSR count). The molecule has 0 bridgehead atoms. The van der Waals surface area contributed by atoms with Crippen LogP contribution in [0.15, 0.2) is 18.6 Å². The molecule has 0 atom stereocenters. The third kappa shape index (κ3) is 2.20. The van der Waals surface area contributed by atoms with E-state index in [1.807, 2.05) is 0 Å². The van der Waals surface area contributed by atoms with Gasteiger partial charge in [0, 0.05) is 25.5 Å². The first-order valence-electron chi connectivity index (χ1n) is 6.63. The maximum atomic E-state index is 12.0. The highest BCUT2D eigenvalue weighted by molar-refractivity contribution is 5.89. The molecule has 1 aliphatic heterocycles. The number of imidazole rings is 1. The molecule has 2 aromatic rings. The summed E-state index contributed by atoms with van der Waals surface area (Å²) in [6, 6.07) is 0. The predicted octanol–water partition coefficient (Wildman–Crippen LogP) is 0.743. The maximum Gasteiger partial charge on any atom is 0.375 e. The summed E-state index contributed by atoms with van der Waals surface area (Å²) in [5.41, 5.74) is 0.803. The van der Waals surface area contributed by atoms with Gasteiger partial charge in [0.25, 0.3) is 0 Å². The highest BCUT2D eigenvalue weighted by Gasteiger charge is 2.23. The molecule has 1 saturated heterocycles. The van der Waals surface area contributed by atoms with Crippen molar-refractivity contribution in [1.82, 2.24) is 14.4 Å². The number of nitrogens with zero attached hydrogens (tertiary/aromatic N) is 4. The second kappa shape index (κ2) is 5.46. The molecule has 0 N–H and O–H groups in total. The van der Waals surface area contributed by atoms with Crippen LogP contribution in [0.5, 0.6) is 0 Å². The van der Waals surface area contributed by atoms with Crippen LogP contribution in [-0.2, 0) is 9.47 Å². The zero-order chi connectivity index (χ0) is 13.9. The molecule has 0 unspecified atom stereocenters. The second-order valence-corrected chi connectivity index (χ2v) is 4.41. The molecule has 0 amide bonds. The molecule has 0 saturated carbocycles. The molecule has 1 aliphatic rings. The number of carbonyl (C=O) groups excluding carboxylic acids is 1. The van der Waals surface area contributed by atoms with E-state index in [1.54, 1.807) is 29.9 Å². The highest BCUT2D eigenvalue weighted by Crippen LogP contribution is 2.22. The predicted molar refractivity (Wildman–Crippen MR) is 72.0 cm³/mol. The van der Waals surface area contributed by atoms with Crippen LogP contribution >= 0.6 is 0 Å². The average Bonchev–Trinajstić information content (AvgIpc) is 2.88. The van der Waals surface area contributed by atoms with Crippen molar-refractivity contribution in [3.63, 3.8) is 0 Å². The van der Waals surface area contributed by atoms with Crippen molar-refractivity contribution in [2.75, 3.05) is 37.8 Å². The fourth-order valence-corrected chi connectivity index (χ4v) is 2.27. The Kier molecular flexibility index (Phi) is 3.51. The summed E-state index contributed by atoms with van der Waals surface area (Å²) in [7, 11) is 0. The summed E-state index contributed by atoms with van der Waals surface area (Å²) in [6.07, 6.45) is 5.06. The van der Waals surface area contributed by atoms with Crippen LogP contribution in [0.1, 0.15) is 17.5 Å². The van der Waals surface area contributed by atoms with Crippen molar-refractivity contribution in [2.24, 2.45) is 0 Å². The van der Waals surface area contributed by atoms with E-state index in [4.69, 9.17) is 9.47 Å². The van der Waals surface area contributed by atoms with Gasteiger partial charge in [-0.15, -0.1) is 0 Å². The lowest BCUT2D eigenvalue weighted by atomic mass is 10.4. The van der Waals surface area contributed by atoms with E-state index < -0.39 is 5.97 Å². The number of morpholine rings is 1. The number of hydrogen-bond acceptors (Lipinski definition) is 6. The van der Waals surface area contributed by atoms with E-state index in [-0.39, 0.29) is 5.82 Å². The lowest BCUT2D eigenvalue weighted by Crippen LogP contribution is -2.36. The van der Waals surface area contributed by atoms with Gasteiger partial charge in [0.05, 0.1) is 26.0 Å². The minimum atomic E-state index is -0.423. The number of anilines is 1. The molecular formula is C13H16N4O3. The molecule has 0 spiro atoms. The minimum Gasteiger partial charge on any atom is -0.460 e. The van der Waals surface area contributed by atoms with E-state index >= 15 is 0 Å². The summed E-state index contributed by atoms with van der Waals surface area (Å²) in [5, 5.41) is 0. The number of rotatable bonds is 3. The number of ether oxygens (including phenoxy) is 2. The van der Waals surface area contributed by atoms with Crippen LogP contribution in [0.2, 0.25) is 0 Å². The third-order valence-electron chi connectivity index (χ3n) is 3.20. The van der Waals surface area contributed by atoms with Crippen LogP contribution in [0, 0.1) is 0 Å². The van der Waals surface area contributed by atoms with Gasteiger partial charge in [-0.1, -0.05) is 0 Å². The Morgan fingerprint density at radius 2 is 2.25 bits per heavy atom.